The molecule has 0 aliphatic carbocycles. The second kappa shape index (κ2) is 6.19. The Morgan fingerprint density at radius 2 is 1.81 bits per heavy atom. The van der Waals surface area contributed by atoms with Gasteiger partial charge in [-0.05, 0) is 29.2 Å². The molecule has 0 spiro atoms. The summed E-state index contributed by atoms with van der Waals surface area (Å²) in [7, 11) is 1.41. The van der Waals surface area contributed by atoms with E-state index in [0.717, 1.165) is 11.3 Å². The van der Waals surface area contributed by atoms with Gasteiger partial charge in [-0.3, -0.25) is 0 Å². The molecule has 5 nitrogen and oxygen atoms in total. The Hall–Kier alpha value is -2.77. The number of aromatic amines is 1. The zero-order chi connectivity index (χ0) is 19.1. The predicted molar refractivity (Wildman–Crippen MR) is 93.9 cm³/mol. The van der Waals surface area contributed by atoms with Crippen molar-refractivity contribution >= 4 is 22.5 Å². The molecule has 0 aliphatic heterocycles. The summed E-state index contributed by atoms with van der Waals surface area (Å²) in [4.78, 5) is 9.81. The topological polar surface area (TPSA) is 62.8 Å². The average Bonchev–Trinajstić information content (AvgIpc) is 2.96. The molecule has 0 amide bonds. The second-order valence-electron chi connectivity index (χ2n) is 6.96. The number of benzene rings is 1. The molecule has 0 saturated heterocycles. The number of halogens is 3. The van der Waals surface area contributed by atoms with E-state index >= 15 is 0 Å². The third-order valence-electron chi connectivity index (χ3n) is 3.91. The van der Waals surface area contributed by atoms with Crippen LogP contribution >= 0.6 is 0 Å². The molecule has 138 valence electrons. The van der Waals surface area contributed by atoms with Gasteiger partial charge in [0, 0.05) is 5.69 Å². The number of hydrogen-bond donors (Lipinski definition) is 2. The van der Waals surface area contributed by atoms with Crippen LogP contribution in [0.25, 0.3) is 11.2 Å². The molecule has 0 bridgehead atoms. The smallest absolute Gasteiger partial charge is 0.449 e. The first-order valence-corrected chi connectivity index (χ1v) is 7.97. The molecule has 3 aromatic rings. The summed E-state index contributed by atoms with van der Waals surface area (Å²) in [6.07, 6.45) is -4.57. The summed E-state index contributed by atoms with van der Waals surface area (Å²) in [5, 5.41) is 3.16. The maximum Gasteiger partial charge on any atom is 0.449 e. The van der Waals surface area contributed by atoms with Crippen LogP contribution in [-0.4, -0.2) is 22.1 Å². The number of nitrogens with zero attached hydrogens (tertiary/aromatic N) is 2. The molecule has 2 heterocycles. The van der Waals surface area contributed by atoms with E-state index in [1.807, 2.05) is 24.3 Å². The lowest BCUT2D eigenvalue weighted by atomic mass is 9.87. The molecule has 8 heteroatoms. The Kier molecular flexibility index (Phi) is 4.29. The number of rotatable bonds is 3. The van der Waals surface area contributed by atoms with Crippen LogP contribution in [-0.2, 0) is 11.6 Å². The molecule has 0 aliphatic rings. The zero-order valence-electron chi connectivity index (χ0n) is 14.8. The van der Waals surface area contributed by atoms with Gasteiger partial charge in [-0.2, -0.15) is 18.2 Å². The molecular weight excluding hydrogens is 345 g/mol. The number of nitrogens with one attached hydrogen (secondary N) is 2. The van der Waals surface area contributed by atoms with E-state index in [-0.39, 0.29) is 22.5 Å². The van der Waals surface area contributed by atoms with Crippen molar-refractivity contribution in [1.82, 2.24) is 15.0 Å². The molecule has 1 aromatic carbocycles. The van der Waals surface area contributed by atoms with Gasteiger partial charge in [0.15, 0.2) is 5.65 Å². The Morgan fingerprint density at radius 1 is 1.08 bits per heavy atom. The predicted octanol–water partition coefficient (Wildman–Crippen LogP) is 5.03. The summed E-state index contributed by atoms with van der Waals surface area (Å²) in [6.45, 7) is 6.30. The fourth-order valence-corrected chi connectivity index (χ4v) is 2.52. The minimum absolute atomic E-state index is 0.0328. The van der Waals surface area contributed by atoms with Crippen molar-refractivity contribution in [3.8, 4) is 5.88 Å². The minimum Gasteiger partial charge on any atom is -0.479 e. The van der Waals surface area contributed by atoms with Gasteiger partial charge in [0.05, 0.1) is 12.6 Å². The standard InChI is InChI=1S/C18H19F3N4O/c1-17(2,3)10-6-5-7-11(8-10)22-13-9-12-14(24-15(13)26-4)25-16(23-12)18(19,20)21/h5-9,22H,1-4H3,(H,23,24,25). The Labute approximate surface area is 148 Å². The quantitative estimate of drug-likeness (QED) is 0.684. The van der Waals surface area contributed by atoms with Gasteiger partial charge in [-0.25, -0.2) is 4.98 Å². The van der Waals surface area contributed by atoms with Crippen molar-refractivity contribution in [2.75, 3.05) is 12.4 Å². The van der Waals surface area contributed by atoms with Crippen LogP contribution in [0.15, 0.2) is 30.3 Å². The molecule has 0 saturated carbocycles. The van der Waals surface area contributed by atoms with Gasteiger partial charge < -0.3 is 15.0 Å². The van der Waals surface area contributed by atoms with Crippen molar-refractivity contribution in [3.63, 3.8) is 0 Å². The van der Waals surface area contributed by atoms with Crippen LogP contribution in [0.3, 0.4) is 0 Å². The van der Waals surface area contributed by atoms with E-state index in [1.165, 1.54) is 13.2 Å². The summed E-state index contributed by atoms with van der Waals surface area (Å²) in [6, 6.07) is 9.30. The molecule has 0 fully saturated rings. The molecule has 0 atom stereocenters. The number of aromatic nitrogens is 3. The SMILES string of the molecule is COc1nc2nc(C(F)(F)F)[nH]c2cc1Nc1cccc(C(C)(C)C)c1. The second-order valence-corrected chi connectivity index (χ2v) is 6.96. The molecule has 3 rings (SSSR count). The van der Waals surface area contributed by atoms with Crippen LogP contribution in [0.1, 0.15) is 32.2 Å². The number of fused-ring (bicyclic) bond motifs is 1. The lowest BCUT2D eigenvalue weighted by Gasteiger charge is -2.20. The van der Waals surface area contributed by atoms with Crippen LogP contribution < -0.4 is 10.1 Å². The number of hydrogen-bond acceptors (Lipinski definition) is 4. The van der Waals surface area contributed by atoms with E-state index in [1.54, 1.807) is 0 Å². The first kappa shape index (κ1) is 18.0. The third kappa shape index (κ3) is 3.58. The maximum atomic E-state index is 12.8. The van der Waals surface area contributed by atoms with Crippen LogP contribution in [0, 0.1) is 0 Å². The molecule has 2 aromatic heterocycles. The maximum absolute atomic E-state index is 12.8. The summed E-state index contributed by atoms with van der Waals surface area (Å²) in [5.41, 5.74) is 2.44. The Bertz CT molecular complexity index is 942. The Balaban J connectivity index is 2.02. The van der Waals surface area contributed by atoms with E-state index in [2.05, 4.69) is 41.0 Å². The highest BCUT2D eigenvalue weighted by molar-refractivity contribution is 5.80. The van der Waals surface area contributed by atoms with Crippen molar-refractivity contribution in [2.24, 2.45) is 0 Å². The van der Waals surface area contributed by atoms with Gasteiger partial charge in [-0.15, -0.1) is 0 Å². The number of imidazole rings is 1. The highest BCUT2D eigenvalue weighted by atomic mass is 19.4. The summed E-state index contributed by atoms with van der Waals surface area (Å²) >= 11 is 0. The van der Waals surface area contributed by atoms with E-state index in [0.29, 0.717) is 5.69 Å². The first-order valence-electron chi connectivity index (χ1n) is 7.97. The largest absolute Gasteiger partial charge is 0.479 e. The highest BCUT2D eigenvalue weighted by Gasteiger charge is 2.35. The van der Waals surface area contributed by atoms with Crippen molar-refractivity contribution in [3.05, 3.63) is 41.7 Å². The van der Waals surface area contributed by atoms with Crippen LogP contribution in [0.5, 0.6) is 5.88 Å². The normalized spacial score (nSPS) is 12.4. The minimum atomic E-state index is -4.57. The molecular formula is C18H19F3N4O. The molecule has 0 radical (unpaired) electrons. The molecule has 26 heavy (non-hydrogen) atoms. The number of alkyl halides is 3. The monoisotopic (exact) mass is 364 g/mol. The average molecular weight is 364 g/mol. The van der Waals surface area contributed by atoms with Crippen molar-refractivity contribution in [1.29, 1.82) is 0 Å². The third-order valence-corrected chi connectivity index (χ3v) is 3.91. The summed E-state index contributed by atoms with van der Waals surface area (Å²) in [5.74, 6) is -0.923. The van der Waals surface area contributed by atoms with Crippen LogP contribution in [0.4, 0.5) is 24.5 Å². The van der Waals surface area contributed by atoms with Crippen molar-refractivity contribution < 1.29 is 17.9 Å². The van der Waals surface area contributed by atoms with E-state index < -0.39 is 12.0 Å². The van der Waals surface area contributed by atoms with Crippen molar-refractivity contribution in [2.45, 2.75) is 32.4 Å². The lowest BCUT2D eigenvalue weighted by molar-refractivity contribution is -0.144. The number of anilines is 2. The lowest BCUT2D eigenvalue weighted by Crippen LogP contribution is -2.11. The zero-order valence-corrected chi connectivity index (χ0v) is 14.8. The number of methoxy groups -OCH3 is 1. The first-order chi connectivity index (χ1) is 12.1. The van der Waals surface area contributed by atoms with Gasteiger partial charge in [-0.1, -0.05) is 32.9 Å². The fraction of sp³-hybridized carbons (Fsp3) is 0.333. The summed E-state index contributed by atoms with van der Waals surface area (Å²) < 4.78 is 43.7. The van der Waals surface area contributed by atoms with Crippen LogP contribution in [0.2, 0.25) is 0 Å². The fourth-order valence-electron chi connectivity index (χ4n) is 2.52. The number of H-pyrrole nitrogens is 1. The van der Waals surface area contributed by atoms with Gasteiger partial charge in [0.2, 0.25) is 11.7 Å². The highest BCUT2D eigenvalue weighted by Crippen LogP contribution is 2.33. The van der Waals surface area contributed by atoms with E-state index in [9.17, 15) is 13.2 Å². The van der Waals surface area contributed by atoms with Gasteiger partial charge in [0.1, 0.15) is 5.69 Å². The molecule has 2 N–H and O–H groups in total. The Morgan fingerprint density at radius 3 is 2.42 bits per heavy atom. The molecule has 0 unspecified atom stereocenters. The van der Waals surface area contributed by atoms with Gasteiger partial charge in [0.25, 0.3) is 0 Å². The number of pyridine rings is 1. The number of ether oxygens (including phenoxy) is 1. The van der Waals surface area contributed by atoms with E-state index in [4.69, 9.17) is 4.74 Å². The van der Waals surface area contributed by atoms with Gasteiger partial charge >= 0.3 is 6.18 Å².